The smallest absolute Gasteiger partial charge is 0.512 e. The van der Waals surface area contributed by atoms with Gasteiger partial charge in [0.2, 0.25) is 0 Å². The predicted molar refractivity (Wildman–Crippen MR) is 45.7 cm³/mol. The topological polar surface area (TPSA) is 92.8 Å². The van der Waals surface area contributed by atoms with Gasteiger partial charge in [-0.05, 0) is 0 Å². The van der Waals surface area contributed by atoms with E-state index in [1.807, 2.05) is 0 Å². The standard InChI is InChI=1S/C7H6BF2NO4/c9-4-1-3(15-8(13)14)2-5(10)6(4)7(11)12/h1-2,13-14H,(H2,11,12). The molecule has 0 atom stereocenters. The maximum Gasteiger partial charge on any atom is 0.707 e. The van der Waals surface area contributed by atoms with Crippen molar-refractivity contribution in [1.29, 1.82) is 0 Å². The lowest BCUT2D eigenvalue weighted by molar-refractivity contribution is 0.0992. The Kier molecular flexibility index (Phi) is 3.22. The highest BCUT2D eigenvalue weighted by atomic mass is 19.1. The van der Waals surface area contributed by atoms with Crippen molar-refractivity contribution >= 4 is 13.2 Å². The summed E-state index contributed by atoms with van der Waals surface area (Å²) in [4.78, 5) is 10.6. The van der Waals surface area contributed by atoms with Crippen LogP contribution in [0.4, 0.5) is 8.78 Å². The fraction of sp³-hybridized carbons (Fsp3) is 0. The number of hydrogen-bond acceptors (Lipinski definition) is 4. The number of amides is 1. The van der Waals surface area contributed by atoms with Crippen LogP contribution in [0.2, 0.25) is 0 Å². The number of nitrogens with two attached hydrogens (primary N) is 1. The lowest BCUT2D eigenvalue weighted by Gasteiger charge is -2.06. The highest BCUT2D eigenvalue weighted by Gasteiger charge is 2.19. The average Bonchev–Trinajstić information content (AvgIpc) is 1.99. The lowest BCUT2D eigenvalue weighted by atomic mass is 10.1. The van der Waals surface area contributed by atoms with E-state index in [9.17, 15) is 13.6 Å². The zero-order chi connectivity index (χ0) is 11.6. The Morgan fingerprint density at radius 2 is 1.80 bits per heavy atom. The fourth-order valence-electron chi connectivity index (χ4n) is 0.975. The molecule has 0 heterocycles. The summed E-state index contributed by atoms with van der Waals surface area (Å²) in [7, 11) is -2.21. The first-order valence-corrected chi connectivity index (χ1v) is 3.73. The minimum atomic E-state index is -2.21. The van der Waals surface area contributed by atoms with Crippen LogP contribution in [-0.2, 0) is 0 Å². The van der Waals surface area contributed by atoms with Gasteiger partial charge in [0.25, 0.3) is 5.91 Å². The monoisotopic (exact) mass is 217 g/mol. The molecule has 1 rings (SSSR count). The minimum absolute atomic E-state index is 0.468. The SMILES string of the molecule is NC(=O)c1c(F)cc(OB(O)O)cc1F. The number of primary amides is 1. The summed E-state index contributed by atoms with van der Waals surface area (Å²) in [6.45, 7) is 0. The zero-order valence-corrected chi connectivity index (χ0v) is 7.28. The highest BCUT2D eigenvalue weighted by Crippen LogP contribution is 2.20. The first-order chi connectivity index (χ1) is 6.91. The summed E-state index contributed by atoms with van der Waals surface area (Å²) in [5.74, 6) is -4.21. The quantitative estimate of drug-likeness (QED) is 0.590. The number of hydrogen-bond donors (Lipinski definition) is 3. The zero-order valence-electron chi connectivity index (χ0n) is 7.28. The Morgan fingerprint density at radius 3 is 2.13 bits per heavy atom. The van der Waals surface area contributed by atoms with Crippen LogP contribution in [-0.4, -0.2) is 23.3 Å². The van der Waals surface area contributed by atoms with Crippen molar-refractivity contribution in [1.82, 2.24) is 0 Å². The van der Waals surface area contributed by atoms with Crippen LogP contribution in [0.3, 0.4) is 0 Å². The number of carbonyl (C=O) groups excluding carboxylic acids is 1. The molecule has 0 spiro atoms. The van der Waals surface area contributed by atoms with Crippen molar-refractivity contribution < 1.29 is 28.3 Å². The molecule has 0 aliphatic heterocycles. The molecular weight excluding hydrogens is 211 g/mol. The second-order valence-electron chi connectivity index (χ2n) is 2.57. The Labute approximate surface area is 83.3 Å². The molecule has 0 fully saturated rings. The van der Waals surface area contributed by atoms with Gasteiger partial charge in [0.15, 0.2) is 0 Å². The minimum Gasteiger partial charge on any atom is -0.512 e. The molecule has 0 aliphatic carbocycles. The molecule has 1 aromatic rings. The predicted octanol–water partition coefficient (Wildman–Crippen LogP) is -0.588. The molecule has 0 unspecified atom stereocenters. The first kappa shape index (κ1) is 11.4. The number of rotatable bonds is 3. The van der Waals surface area contributed by atoms with Crippen LogP contribution in [0.15, 0.2) is 12.1 Å². The Hall–Kier alpha value is -1.67. The molecule has 0 radical (unpaired) electrons. The van der Waals surface area contributed by atoms with Crippen LogP contribution in [0.25, 0.3) is 0 Å². The van der Waals surface area contributed by atoms with Gasteiger partial charge in [-0.25, -0.2) is 8.78 Å². The van der Waals surface area contributed by atoms with Gasteiger partial charge in [0, 0.05) is 12.1 Å². The largest absolute Gasteiger partial charge is 0.707 e. The van der Waals surface area contributed by atoms with Crippen molar-refractivity contribution in [3.05, 3.63) is 29.3 Å². The average molecular weight is 217 g/mol. The summed E-state index contributed by atoms with van der Waals surface area (Å²) in [6.07, 6.45) is 0. The second-order valence-corrected chi connectivity index (χ2v) is 2.57. The van der Waals surface area contributed by atoms with Gasteiger partial charge in [-0.15, -0.1) is 0 Å². The van der Waals surface area contributed by atoms with Crippen molar-refractivity contribution in [2.75, 3.05) is 0 Å². The highest BCUT2D eigenvalue weighted by molar-refractivity contribution is 6.33. The van der Waals surface area contributed by atoms with E-state index in [-0.39, 0.29) is 0 Å². The first-order valence-electron chi connectivity index (χ1n) is 3.73. The summed E-state index contributed by atoms with van der Waals surface area (Å²) in [5, 5.41) is 16.7. The van der Waals surface area contributed by atoms with Gasteiger partial charge < -0.3 is 20.4 Å². The fourth-order valence-corrected chi connectivity index (χ4v) is 0.975. The molecule has 1 amide bonds. The summed E-state index contributed by atoms with van der Waals surface area (Å²) >= 11 is 0. The lowest BCUT2D eigenvalue weighted by Crippen LogP contribution is -2.21. The Bertz CT molecular complexity index is 376. The van der Waals surface area contributed by atoms with E-state index in [4.69, 9.17) is 15.8 Å². The van der Waals surface area contributed by atoms with Crippen LogP contribution in [0.1, 0.15) is 10.4 Å². The van der Waals surface area contributed by atoms with Gasteiger partial charge in [0.1, 0.15) is 22.9 Å². The van der Waals surface area contributed by atoms with Crippen molar-refractivity contribution in [3.8, 4) is 5.75 Å². The van der Waals surface area contributed by atoms with E-state index < -0.39 is 36.2 Å². The van der Waals surface area contributed by atoms with E-state index in [0.717, 1.165) is 0 Å². The van der Waals surface area contributed by atoms with Gasteiger partial charge >= 0.3 is 7.32 Å². The maximum atomic E-state index is 13.0. The van der Waals surface area contributed by atoms with Gasteiger partial charge in [-0.3, -0.25) is 4.79 Å². The van der Waals surface area contributed by atoms with Crippen LogP contribution in [0.5, 0.6) is 5.75 Å². The normalized spacial score (nSPS) is 9.87. The molecule has 15 heavy (non-hydrogen) atoms. The summed E-state index contributed by atoms with van der Waals surface area (Å²) in [6, 6.07) is 1.23. The molecule has 8 heteroatoms. The van der Waals surface area contributed by atoms with Gasteiger partial charge in [-0.2, -0.15) is 0 Å². The Balaban J connectivity index is 3.14. The molecule has 0 saturated carbocycles. The molecule has 5 nitrogen and oxygen atoms in total. The van der Waals surface area contributed by atoms with Crippen LogP contribution >= 0.6 is 0 Å². The molecule has 0 aliphatic rings. The van der Waals surface area contributed by atoms with Crippen molar-refractivity contribution in [2.24, 2.45) is 5.73 Å². The third-order valence-electron chi connectivity index (χ3n) is 1.50. The van der Waals surface area contributed by atoms with Crippen molar-refractivity contribution in [2.45, 2.75) is 0 Å². The molecule has 0 bridgehead atoms. The van der Waals surface area contributed by atoms with E-state index in [0.29, 0.717) is 12.1 Å². The van der Waals surface area contributed by atoms with E-state index in [2.05, 4.69) is 4.65 Å². The van der Waals surface area contributed by atoms with Crippen LogP contribution < -0.4 is 10.4 Å². The molecule has 4 N–H and O–H groups in total. The number of halogens is 2. The van der Waals surface area contributed by atoms with Crippen LogP contribution in [0, 0.1) is 11.6 Å². The molecule has 1 aromatic carbocycles. The van der Waals surface area contributed by atoms with E-state index in [1.165, 1.54) is 0 Å². The number of carbonyl (C=O) groups is 1. The summed E-state index contributed by atoms with van der Waals surface area (Å²) < 4.78 is 30.2. The van der Waals surface area contributed by atoms with Gasteiger partial charge in [0.05, 0.1) is 0 Å². The molecule has 0 aromatic heterocycles. The van der Waals surface area contributed by atoms with E-state index >= 15 is 0 Å². The Morgan fingerprint density at radius 1 is 1.33 bits per heavy atom. The number of benzene rings is 1. The van der Waals surface area contributed by atoms with E-state index in [1.54, 1.807) is 0 Å². The van der Waals surface area contributed by atoms with Crippen molar-refractivity contribution in [3.63, 3.8) is 0 Å². The summed E-state index contributed by atoms with van der Waals surface area (Å²) in [5.41, 5.74) is 3.80. The molecule has 80 valence electrons. The second kappa shape index (κ2) is 4.24. The molecular formula is C7H6BF2NO4. The third-order valence-corrected chi connectivity index (χ3v) is 1.50. The maximum absolute atomic E-state index is 13.0. The molecule has 0 saturated heterocycles. The third kappa shape index (κ3) is 2.64. The van der Waals surface area contributed by atoms with Gasteiger partial charge in [-0.1, -0.05) is 0 Å².